The van der Waals surface area contributed by atoms with Gasteiger partial charge in [0.15, 0.2) is 5.13 Å². The van der Waals surface area contributed by atoms with Crippen molar-refractivity contribution in [1.29, 1.82) is 0 Å². The molecule has 1 aliphatic rings. The lowest BCUT2D eigenvalue weighted by Gasteiger charge is -2.13. The molecule has 5 heterocycles. The first-order valence-corrected chi connectivity index (χ1v) is 11.0. The number of H-pyrrole nitrogens is 2. The molecule has 156 valence electrons. The van der Waals surface area contributed by atoms with Crippen LogP contribution in [0, 0.1) is 5.13 Å². The number of thiophene rings is 1. The summed E-state index contributed by atoms with van der Waals surface area (Å²) >= 11 is 1.11. The van der Waals surface area contributed by atoms with Gasteiger partial charge >= 0.3 is 0 Å². The SMILES string of the molecule is C=c1c(-c2cc3c(-c4ccc(F)s4)cncc3[nH]2)n[nH]/c1=C/C=C(\C)C1=CCNCC1. The molecule has 4 aromatic heterocycles. The molecule has 0 aliphatic carbocycles. The summed E-state index contributed by atoms with van der Waals surface area (Å²) in [5.41, 5.74) is 6.02. The number of allylic oxidation sites excluding steroid dienone is 2. The van der Waals surface area contributed by atoms with Crippen LogP contribution in [-0.2, 0) is 0 Å². The van der Waals surface area contributed by atoms with Crippen LogP contribution in [0.3, 0.4) is 0 Å². The van der Waals surface area contributed by atoms with Crippen LogP contribution >= 0.6 is 11.3 Å². The highest BCUT2D eigenvalue weighted by molar-refractivity contribution is 7.14. The summed E-state index contributed by atoms with van der Waals surface area (Å²) in [7, 11) is 0. The maximum absolute atomic E-state index is 13.5. The Labute approximate surface area is 182 Å². The third kappa shape index (κ3) is 3.78. The fourth-order valence-electron chi connectivity index (χ4n) is 3.87. The fourth-order valence-corrected chi connectivity index (χ4v) is 4.62. The number of halogens is 1. The van der Waals surface area contributed by atoms with Crippen molar-refractivity contribution in [3.63, 3.8) is 0 Å². The minimum atomic E-state index is -0.209. The van der Waals surface area contributed by atoms with E-state index in [1.54, 1.807) is 18.5 Å². The second-order valence-electron chi connectivity index (χ2n) is 7.60. The summed E-state index contributed by atoms with van der Waals surface area (Å²) in [6.45, 7) is 8.31. The van der Waals surface area contributed by atoms with E-state index in [4.69, 9.17) is 0 Å². The monoisotopic (exact) mass is 431 g/mol. The van der Waals surface area contributed by atoms with Gasteiger partial charge in [0.25, 0.3) is 0 Å². The van der Waals surface area contributed by atoms with Crippen molar-refractivity contribution in [1.82, 2.24) is 25.5 Å². The van der Waals surface area contributed by atoms with Gasteiger partial charge in [0.2, 0.25) is 0 Å². The van der Waals surface area contributed by atoms with Crippen molar-refractivity contribution in [2.45, 2.75) is 13.3 Å². The topological polar surface area (TPSA) is 69.4 Å². The van der Waals surface area contributed by atoms with Crippen molar-refractivity contribution in [2.75, 3.05) is 13.1 Å². The molecule has 31 heavy (non-hydrogen) atoms. The standard InChI is InChI=1S/C24H22FN5S/c1-14(16-7-9-26-10-8-16)3-4-19-15(2)24(30-29-19)20-11-17-18(12-27-13-21(17)28-20)22-5-6-23(25)31-22/h3-7,11-13,26,28-29H,2,8-10H2,1H3/b14-3+,19-4+. The van der Waals surface area contributed by atoms with Gasteiger partial charge in [-0.05, 0) is 55.3 Å². The number of nitrogens with one attached hydrogen (secondary N) is 3. The molecule has 0 fully saturated rings. The van der Waals surface area contributed by atoms with E-state index in [0.717, 1.165) is 74.1 Å². The van der Waals surface area contributed by atoms with Crippen LogP contribution < -0.4 is 15.9 Å². The summed E-state index contributed by atoms with van der Waals surface area (Å²) < 4.78 is 13.5. The summed E-state index contributed by atoms with van der Waals surface area (Å²) in [5, 5.41) is 13.4. The average Bonchev–Trinajstić information content (AvgIpc) is 3.50. The molecule has 0 saturated carbocycles. The first kappa shape index (κ1) is 19.7. The van der Waals surface area contributed by atoms with E-state index in [0.29, 0.717) is 0 Å². The minimum absolute atomic E-state index is 0.209. The van der Waals surface area contributed by atoms with Gasteiger partial charge in [-0.1, -0.05) is 18.7 Å². The van der Waals surface area contributed by atoms with Gasteiger partial charge in [-0.25, -0.2) is 0 Å². The molecular formula is C24H22FN5S. The number of hydrogen-bond acceptors (Lipinski definition) is 4. The van der Waals surface area contributed by atoms with Crippen LogP contribution in [0.5, 0.6) is 0 Å². The van der Waals surface area contributed by atoms with Crippen LogP contribution in [0.25, 0.3) is 45.4 Å². The molecular weight excluding hydrogens is 409 g/mol. The molecule has 0 bridgehead atoms. The van der Waals surface area contributed by atoms with Crippen molar-refractivity contribution >= 4 is 34.9 Å². The Morgan fingerprint density at radius 1 is 1.29 bits per heavy atom. The average molecular weight is 432 g/mol. The molecule has 0 atom stereocenters. The van der Waals surface area contributed by atoms with Crippen LogP contribution in [0.1, 0.15) is 13.3 Å². The zero-order valence-corrected chi connectivity index (χ0v) is 17.9. The minimum Gasteiger partial charge on any atom is -0.352 e. The Bertz CT molecular complexity index is 1440. The lowest BCUT2D eigenvalue weighted by molar-refractivity contribution is 0.657. The molecule has 0 amide bonds. The molecule has 0 saturated heterocycles. The molecule has 1 aliphatic heterocycles. The van der Waals surface area contributed by atoms with E-state index in [1.807, 2.05) is 12.1 Å². The normalized spacial score (nSPS) is 15.6. The summed E-state index contributed by atoms with van der Waals surface area (Å²) in [6.07, 6.45) is 11.0. The Morgan fingerprint density at radius 3 is 2.97 bits per heavy atom. The third-order valence-electron chi connectivity index (χ3n) is 5.61. The molecule has 0 radical (unpaired) electrons. The number of nitrogens with zero attached hydrogens (tertiary/aromatic N) is 2. The van der Waals surface area contributed by atoms with Gasteiger partial charge in [0.1, 0.15) is 5.69 Å². The van der Waals surface area contributed by atoms with Gasteiger partial charge in [-0.15, -0.1) is 11.3 Å². The lowest BCUT2D eigenvalue weighted by atomic mass is 10.0. The van der Waals surface area contributed by atoms with E-state index >= 15 is 0 Å². The summed E-state index contributed by atoms with van der Waals surface area (Å²) in [6, 6.07) is 5.29. The van der Waals surface area contributed by atoms with Gasteiger partial charge < -0.3 is 10.3 Å². The Kier molecular flexibility index (Phi) is 5.13. The molecule has 3 N–H and O–H groups in total. The van der Waals surface area contributed by atoms with Gasteiger partial charge in [0.05, 0.1) is 22.8 Å². The number of rotatable bonds is 4. The third-order valence-corrected chi connectivity index (χ3v) is 6.52. The molecule has 0 unspecified atom stereocenters. The van der Waals surface area contributed by atoms with E-state index in [9.17, 15) is 4.39 Å². The van der Waals surface area contributed by atoms with Crippen molar-refractivity contribution in [2.24, 2.45) is 0 Å². The highest BCUT2D eigenvalue weighted by Crippen LogP contribution is 2.34. The Hall–Kier alpha value is -3.29. The van der Waals surface area contributed by atoms with Crippen LogP contribution in [0.2, 0.25) is 0 Å². The molecule has 4 aromatic rings. The van der Waals surface area contributed by atoms with Gasteiger partial charge in [-0.2, -0.15) is 9.49 Å². The van der Waals surface area contributed by atoms with Crippen molar-refractivity contribution < 1.29 is 4.39 Å². The number of pyridine rings is 1. The zero-order chi connectivity index (χ0) is 21.4. The van der Waals surface area contributed by atoms with Crippen molar-refractivity contribution in [3.8, 4) is 21.8 Å². The highest BCUT2D eigenvalue weighted by atomic mass is 32.1. The Balaban J connectivity index is 1.52. The summed E-state index contributed by atoms with van der Waals surface area (Å²) in [5.74, 6) is 0. The van der Waals surface area contributed by atoms with E-state index in [1.165, 1.54) is 17.2 Å². The second kappa shape index (κ2) is 8.09. The highest BCUT2D eigenvalue weighted by Gasteiger charge is 2.13. The largest absolute Gasteiger partial charge is 0.352 e. The van der Waals surface area contributed by atoms with Gasteiger partial charge in [-0.3, -0.25) is 10.1 Å². The lowest BCUT2D eigenvalue weighted by Crippen LogP contribution is -2.22. The quantitative estimate of drug-likeness (QED) is 0.459. The smallest absolute Gasteiger partial charge is 0.176 e. The molecule has 5 rings (SSSR count). The predicted octanol–water partition coefficient (Wildman–Crippen LogP) is 3.88. The maximum atomic E-state index is 13.5. The van der Waals surface area contributed by atoms with Crippen LogP contribution in [-0.4, -0.2) is 33.3 Å². The first-order chi connectivity index (χ1) is 15.1. The van der Waals surface area contributed by atoms with Gasteiger partial charge in [0, 0.05) is 33.8 Å². The fraction of sp³-hybridized carbons (Fsp3) is 0.167. The Morgan fingerprint density at radius 2 is 2.19 bits per heavy atom. The van der Waals surface area contributed by atoms with E-state index < -0.39 is 0 Å². The number of aromatic nitrogens is 4. The number of fused-ring (bicyclic) bond motifs is 1. The maximum Gasteiger partial charge on any atom is 0.176 e. The molecule has 5 nitrogen and oxygen atoms in total. The van der Waals surface area contributed by atoms with E-state index in [-0.39, 0.29) is 5.13 Å². The first-order valence-electron chi connectivity index (χ1n) is 10.1. The summed E-state index contributed by atoms with van der Waals surface area (Å²) in [4.78, 5) is 8.54. The number of aromatic amines is 2. The van der Waals surface area contributed by atoms with Crippen LogP contribution in [0.4, 0.5) is 4.39 Å². The zero-order valence-electron chi connectivity index (χ0n) is 17.1. The second-order valence-corrected chi connectivity index (χ2v) is 8.63. The van der Waals surface area contributed by atoms with E-state index in [2.05, 4.69) is 51.1 Å². The molecule has 0 spiro atoms. The molecule has 7 heteroatoms. The predicted molar refractivity (Wildman–Crippen MR) is 126 cm³/mol. The van der Waals surface area contributed by atoms with Crippen molar-refractivity contribution in [3.05, 3.63) is 69.6 Å². The number of hydrogen-bond donors (Lipinski definition) is 3. The molecule has 0 aromatic carbocycles. The van der Waals surface area contributed by atoms with Crippen LogP contribution in [0.15, 0.2) is 53.9 Å².